The van der Waals surface area contributed by atoms with Crippen LogP contribution in [0.5, 0.6) is 0 Å². The van der Waals surface area contributed by atoms with Crippen molar-refractivity contribution < 1.29 is 4.79 Å². The molecule has 3 rings (SSSR count). The van der Waals surface area contributed by atoms with Crippen LogP contribution in [0.2, 0.25) is 0 Å². The molecule has 0 aliphatic heterocycles. The zero-order chi connectivity index (χ0) is 14.1. The average molecular weight is 260 g/mol. The van der Waals surface area contributed by atoms with Crippen molar-refractivity contribution in [3.63, 3.8) is 0 Å². The highest BCUT2D eigenvalue weighted by Crippen LogP contribution is 2.24. The van der Waals surface area contributed by atoms with Gasteiger partial charge < -0.3 is 0 Å². The summed E-state index contributed by atoms with van der Waals surface area (Å²) in [5.74, 6) is 0.0966. The van der Waals surface area contributed by atoms with Crippen molar-refractivity contribution in [2.75, 3.05) is 0 Å². The minimum absolute atomic E-state index is 0.0966. The first kappa shape index (κ1) is 12.6. The van der Waals surface area contributed by atoms with Crippen LogP contribution < -0.4 is 0 Å². The molecule has 0 saturated heterocycles. The molecule has 3 aromatic carbocycles. The smallest absolute Gasteiger partial charge is 0.193 e. The van der Waals surface area contributed by atoms with E-state index in [2.05, 4.69) is 6.07 Å². The monoisotopic (exact) mass is 260 g/mol. The van der Waals surface area contributed by atoms with Crippen molar-refractivity contribution in [1.29, 1.82) is 0 Å². The summed E-state index contributed by atoms with van der Waals surface area (Å²) in [4.78, 5) is 12.8. The summed E-state index contributed by atoms with van der Waals surface area (Å²) < 4.78 is 0. The molecule has 0 spiro atoms. The molecule has 0 radical (unpaired) electrons. The van der Waals surface area contributed by atoms with E-state index in [1.807, 2.05) is 68.4 Å². The molecule has 1 nitrogen and oxygen atoms in total. The third kappa shape index (κ3) is 2.12. The number of hydrogen-bond acceptors (Lipinski definition) is 1. The maximum absolute atomic E-state index is 12.8. The maximum Gasteiger partial charge on any atom is 0.193 e. The Morgan fingerprint density at radius 2 is 1.50 bits per heavy atom. The second-order valence-electron chi connectivity index (χ2n) is 5.17. The number of benzene rings is 3. The third-order valence-electron chi connectivity index (χ3n) is 3.68. The van der Waals surface area contributed by atoms with Crippen LogP contribution in [0, 0.1) is 13.8 Å². The Labute approximate surface area is 118 Å². The van der Waals surface area contributed by atoms with E-state index in [0.717, 1.165) is 33.0 Å². The predicted octanol–water partition coefficient (Wildman–Crippen LogP) is 4.69. The number of fused-ring (bicyclic) bond motifs is 1. The van der Waals surface area contributed by atoms with Gasteiger partial charge in [-0.2, -0.15) is 0 Å². The second kappa shape index (κ2) is 4.93. The van der Waals surface area contributed by atoms with E-state index < -0.39 is 0 Å². The van der Waals surface area contributed by atoms with Crippen molar-refractivity contribution >= 4 is 16.6 Å². The van der Waals surface area contributed by atoms with Crippen molar-refractivity contribution in [3.05, 3.63) is 82.9 Å². The first-order chi connectivity index (χ1) is 9.66. The summed E-state index contributed by atoms with van der Waals surface area (Å²) in [7, 11) is 0. The normalized spacial score (nSPS) is 10.7. The summed E-state index contributed by atoms with van der Waals surface area (Å²) in [6.07, 6.45) is 0. The molecular formula is C19H16O. The highest BCUT2D eigenvalue weighted by atomic mass is 16.1. The van der Waals surface area contributed by atoms with Crippen LogP contribution in [0.1, 0.15) is 27.0 Å². The number of hydrogen-bond donors (Lipinski definition) is 0. The van der Waals surface area contributed by atoms with Gasteiger partial charge in [-0.1, -0.05) is 66.2 Å². The SMILES string of the molecule is Cc1ccc(C(=O)c2c(C)ccc3ccccc23)cc1. The summed E-state index contributed by atoms with van der Waals surface area (Å²) in [6.45, 7) is 4.02. The molecule has 0 bridgehead atoms. The molecule has 0 unspecified atom stereocenters. The van der Waals surface area contributed by atoms with E-state index >= 15 is 0 Å². The zero-order valence-electron chi connectivity index (χ0n) is 11.7. The lowest BCUT2D eigenvalue weighted by Crippen LogP contribution is -2.04. The van der Waals surface area contributed by atoms with E-state index in [9.17, 15) is 4.79 Å². The number of aryl methyl sites for hydroxylation is 2. The van der Waals surface area contributed by atoms with Crippen LogP contribution in [0.4, 0.5) is 0 Å². The average Bonchev–Trinajstić information content (AvgIpc) is 2.47. The predicted molar refractivity (Wildman–Crippen MR) is 83.3 cm³/mol. The molecule has 20 heavy (non-hydrogen) atoms. The van der Waals surface area contributed by atoms with Gasteiger partial charge in [0.1, 0.15) is 0 Å². The van der Waals surface area contributed by atoms with Crippen LogP contribution in [0.25, 0.3) is 10.8 Å². The van der Waals surface area contributed by atoms with Gasteiger partial charge in [0.05, 0.1) is 0 Å². The minimum atomic E-state index is 0.0966. The van der Waals surface area contributed by atoms with Gasteiger partial charge in [0, 0.05) is 11.1 Å². The van der Waals surface area contributed by atoms with Crippen LogP contribution in [0.3, 0.4) is 0 Å². The summed E-state index contributed by atoms with van der Waals surface area (Å²) in [5, 5.41) is 2.13. The Morgan fingerprint density at radius 3 is 2.25 bits per heavy atom. The molecule has 3 aromatic rings. The van der Waals surface area contributed by atoms with Gasteiger partial charge in [-0.05, 0) is 30.2 Å². The number of ketones is 1. The van der Waals surface area contributed by atoms with Gasteiger partial charge in [-0.15, -0.1) is 0 Å². The first-order valence-corrected chi connectivity index (χ1v) is 6.76. The Bertz CT molecular complexity index is 782. The van der Waals surface area contributed by atoms with Gasteiger partial charge in [-0.3, -0.25) is 4.79 Å². The van der Waals surface area contributed by atoms with E-state index in [1.54, 1.807) is 0 Å². The van der Waals surface area contributed by atoms with E-state index in [4.69, 9.17) is 0 Å². The quantitative estimate of drug-likeness (QED) is 0.611. The van der Waals surface area contributed by atoms with E-state index in [1.165, 1.54) is 0 Å². The zero-order valence-corrected chi connectivity index (χ0v) is 11.7. The standard InChI is InChI=1S/C19H16O/c1-13-7-10-16(11-8-13)19(20)18-14(2)9-12-15-5-3-4-6-17(15)18/h3-12H,1-2H3. The van der Waals surface area contributed by atoms with Crippen LogP contribution in [-0.2, 0) is 0 Å². The van der Waals surface area contributed by atoms with Gasteiger partial charge in [-0.25, -0.2) is 0 Å². The first-order valence-electron chi connectivity index (χ1n) is 6.76. The van der Waals surface area contributed by atoms with Crippen LogP contribution >= 0.6 is 0 Å². The van der Waals surface area contributed by atoms with Gasteiger partial charge in [0.2, 0.25) is 0 Å². The Morgan fingerprint density at radius 1 is 0.800 bits per heavy atom. The molecule has 0 aromatic heterocycles. The largest absolute Gasteiger partial charge is 0.289 e. The molecule has 0 aliphatic rings. The Kier molecular flexibility index (Phi) is 3.11. The Balaban J connectivity index is 2.21. The van der Waals surface area contributed by atoms with Gasteiger partial charge >= 0.3 is 0 Å². The molecule has 0 heterocycles. The third-order valence-corrected chi connectivity index (χ3v) is 3.68. The molecule has 0 atom stereocenters. The van der Waals surface area contributed by atoms with Crippen molar-refractivity contribution in [2.45, 2.75) is 13.8 Å². The van der Waals surface area contributed by atoms with E-state index in [-0.39, 0.29) is 5.78 Å². The van der Waals surface area contributed by atoms with E-state index in [0.29, 0.717) is 0 Å². The molecule has 0 amide bonds. The lowest BCUT2D eigenvalue weighted by atomic mass is 9.93. The fraction of sp³-hybridized carbons (Fsp3) is 0.105. The minimum Gasteiger partial charge on any atom is -0.289 e. The number of carbonyl (C=O) groups excluding carboxylic acids is 1. The van der Waals surface area contributed by atoms with Crippen molar-refractivity contribution in [1.82, 2.24) is 0 Å². The topological polar surface area (TPSA) is 17.1 Å². The summed E-state index contributed by atoms with van der Waals surface area (Å²) >= 11 is 0. The molecule has 0 N–H and O–H groups in total. The maximum atomic E-state index is 12.8. The van der Waals surface area contributed by atoms with Gasteiger partial charge in [0.15, 0.2) is 5.78 Å². The molecule has 1 heteroatoms. The molecule has 98 valence electrons. The summed E-state index contributed by atoms with van der Waals surface area (Å²) in [5.41, 5.74) is 3.74. The van der Waals surface area contributed by atoms with Gasteiger partial charge in [0.25, 0.3) is 0 Å². The van der Waals surface area contributed by atoms with Crippen LogP contribution in [0.15, 0.2) is 60.7 Å². The summed E-state index contributed by atoms with van der Waals surface area (Å²) in [6, 6.07) is 19.9. The number of carbonyl (C=O) groups is 1. The fourth-order valence-corrected chi connectivity index (χ4v) is 2.53. The number of rotatable bonds is 2. The molecule has 0 saturated carbocycles. The second-order valence-corrected chi connectivity index (χ2v) is 5.17. The fourth-order valence-electron chi connectivity index (χ4n) is 2.53. The van der Waals surface area contributed by atoms with Crippen molar-refractivity contribution in [2.24, 2.45) is 0 Å². The molecule has 0 fully saturated rings. The highest BCUT2D eigenvalue weighted by Gasteiger charge is 2.14. The Hall–Kier alpha value is -2.41. The highest BCUT2D eigenvalue weighted by molar-refractivity contribution is 6.17. The molecular weight excluding hydrogens is 244 g/mol. The molecule has 0 aliphatic carbocycles. The lowest BCUT2D eigenvalue weighted by Gasteiger charge is -2.09. The lowest BCUT2D eigenvalue weighted by molar-refractivity contribution is 0.104. The van der Waals surface area contributed by atoms with Crippen molar-refractivity contribution in [3.8, 4) is 0 Å². The van der Waals surface area contributed by atoms with Crippen LogP contribution in [-0.4, -0.2) is 5.78 Å².